The molecular weight excluding hydrogens is 737 g/mol. The molecule has 0 saturated heterocycles. The van der Waals surface area contributed by atoms with Crippen LogP contribution in [0.4, 0.5) is 0 Å². The molecule has 0 atom stereocenters. The molecule has 0 fully saturated rings. The van der Waals surface area contributed by atoms with Gasteiger partial charge in [0, 0.05) is 40.2 Å². The maximum absolute atomic E-state index is 13.7. The van der Waals surface area contributed by atoms with Crippen LogP contribution in [0.2, 0.25) is 0 Å². The van der Waals surface area contributed by atoms with Crippen LogP contribution < -0.4 is 15.4 Å². The van der Waals surface area contributed by atoms with Crippen LogP contribution in [0, 0.1) is 12.3 Å². The second kappa shape index (κ2) is 17.7. The van der Waals surface area contributed by atoms with E-state index in [0.717, 1.165) is 37.6 Å². The summed E-state index contributed by atoms with van der Waals surface area (Å²) in [5.41, 5.74) is 8.99. The highest BCUT2D eigenvalue weighted by Gasteiger charge is 2.26. The van der Waals surface area contributed by atoms with E-state index < -0.39 is 0 Å². The van der Waals surface area contributed by atoms with Crippen molar-refractivity contribution in [3.8, 4) is 5.75 Å². The Labute approximate surface area is 310 Å². The summed E-state index contributed by atoms with van der Waals surface area (Å²) in [4.78, 5) is 39.2. The number of amides is 2. The third-order valence-electron chi connectivity index (χ3n) is 9.32. The van der Waals surface area contributed by atoms with Gasteiger partial charge >= 0.3 is 0 Å². The molecule has 1 aliphatic rings. The minimum absolute atomic E-state index is 0.0817. The molecule has 2 amide bonds. The van der Waals surface area contributed by atoms with Gasteiger partial charge < -0.3 is 15.4 Å². The molecule has 0 unspecified atom stereocenters. The molecule has 50 heavy (non-hydrogen) atoms. The Morgan fingerprint density at radius 3 is 2.38 bits per heavy atom. The van der Waals surface area contributed by atoms with Gasteiger partial charge in [-0.3, -0.25) is 19.0 Å². The summed E-state index contributed by atoms with van der Waals surface area (Å²) >= 11 is 2.30. The molecule has 1 aromatic heterocycles. The molecule has 1 heterocycles. The Bertz CT molecular complexity index is 1890. The summed E-state index contributed by atoms with van der Waals surface area (Å²) in [6.45, 7) is 13.3. The van der Waals surface area contributed by atoms with E-state index in [1.165, 1.54) is 30.4 Å². The standard InChI is InChI=1S/C42H50IN3O4/c1-28(13-19-37-30(3)12-9-21-42(37,5)6)10-8-11-29(2)24-39(47)44-22-23-45-40(48)26-35-31(4)46(38-20-18-34(50-7)25-36(35)38)41(49)33-16-14-32(27-43)15-17-33/h8,10-11,13-20,24-25H,9,12,21-23,26-27H2,1-7H3,(H,44,47)(H,45,48)/b11-8+,19-13+,28-10-,29-24+. The Kier molecular flexibility index (Phi) is 13.6. The number of nitrogens with one attached hydrogen (secondary N) is 2. The predicted molar refractivity (Wildman–Crippen MR) is 213 cm³/mol. The number of fused-ring (bicyclic) bond motifs is 1. The number of methoxy groups -OCH3 is 1. The molecular formula is C42H50IN3O4. The maximum atomic E-state index is 13.7. The molecule has 4 rings (SSSR count). The van der Waals surface area contributed by atoms with E-state index in [9.17, 15) is 14.4 Å². The van der Waals surface area contributed by atoms with E-state index in [2.05, 4.69) is 73.1 Å². The first-order chi connectivity index (χ1) is 23.8. The number of alkyl halides is 1. The molecule has 2 aromatic carbocycles. The lowest BCUT2D eigenvalue weighted by Crippen LogP contribution is -2.34. The first kappa shape index (κ1) is 38.6. The SMILES string of the molecule is COc1ccc2c(c1)c(CC(=O)NCCNC(=O)/C=C(C)/C=C/C=C(C)\C=C\C1=C(C)CCCC1(C)C)c(C)n2C(=O)c1ccc(CI)cc1. The molecule has 7 nitrogen and oxygen atoms in total. The quantitative estimate of drug-likeness (QED) is 0.0596. The molecule has 264 valence electrons. The van der Waals surface area contributed by atoms with E-state index in [4.69, 9.17) is 4.74 Å². The molecule has 0 radical (unpaired) electrons. The molecule has 0 saturated carbocycles. The van der Waals surface area contributed by atoms with Crippen molar-refractivity contribution in [2.24, 2.45) is 5.41 Å². The van der Waals surface area contributed by atoms with Crippen molar-refractivity contribution in [2.45, 2.75) is 71.7 Å². The van der Waals surface area contributed by atoms with Gasteiger partial charge in [-0.2, -0.15) is 0 Å². The van der Waals surface area contributed by atoms with Crippen molar-refractivity contribution in [1.29, 1.82) is 0 Å². The van der Waals surface area contributed by atoms with Crippen LogP contribution in [-0.2, 0) is 20.4 Å². The zero-order valence-electron chi connectivity index (χ0n) is 30.4. The number of nitrogens with zero attached hydrogens (tertiary/aromatic N) is 1. The molecule has 8 heteroatoms. The van der Waals surface area contributed by atoms with Gasteiger partial charge in [0.25, 0.3) is 5.91 Å². The van der Waals surface area contributed by atoms with Gasteiger partial charge in [-0.15, -0.1) is 0 Å². The Morgan fingerprint density at radius 1 is 0.980 bits per heavy atom. The zero-order valence-corrected chi connectivity index (χ0v) is 32.6. The van der Waals surface area contributed by atoms with E-state index in [1.807, 2.05) is 74.5 Å². The third-order valence-corrected chi connectivity index (χ3v) is 10.2. The molecule has 3 aromatic rings. The van der Waals surface area contributed by atoms with Crippen LogP contribution in [0.3, 0.4) is 0 Å². The Hall–Kier alpha value is -4.18. The number of carbonyl (C=O) groups excluding carboxylic acids is 3. The van der Waals surface area contributed by atoms with Crippen LogP contribution in [0.25, 0.3) is 10.9 Å². The summed E-state index contributed by atoms with van der Waals surface area (Å²) in [7, 11) is 1.59. The average Bonchev–Trinajstić information content (AvgIpc) is 3.35. The maximum Gasteiger partial charge on any atom is 0.262 e. The zero-order chi connectivity index (χ0) is 36.4. The van der Waals surface area contributed by atoms with E-state index in [-0.39, 0.29) is 42.6 Å². The summed E-state index contributed by atoms with van der Waals surface area (Å²) in [6.07, 6.45) is 15.6. The van der Waals surface area contributed by atoms with E-state index in [0.29, 0.717) is 17.0 Å². The predicted octanol–water partition coefficient (Wildman–Crippen LogP) is 8.89. The Morgan fingerprint density at radius 2 is 1.70 bits per heavy atom. The number of hydrogen-bond acceptors (Lipinski definition) is 4. The fraction of sp³-hybridized carbons (Fsp3) is 0.357. The number of ether oxygens (including phenoxy) is 1. The lowest BCUT2D eigenvalue weighted by atomic mass is 9.72. The summed E-state index contributed by atoms with van der Waals surface area (Å²) < 4.78 is 7.99. The van der Waals surface area contributed by atoms with Crippen LogP contribution in [0.5, 0.6) is 5.75 Å². The molecule has 0 aliphatic heterocycles. The van der Waals surface area contributed by atoms with E-state index in [1.54, 1.807) is 17.8 Å². The number of allylic oxidation sites excluding steroid dienone is 9. The van der Waals surface area contributed by atoms with Gasteiger partial charge in [0.15, 0.2) is 0 Å². The lowest BCUT2D eigenvalue weighted by molar-refractivity contribution is -0.121. The highest BCUT2D eigenvalue weighted by Crippen LogP contribution is 2.40. The highest BCUT2D eigenvalue weighted by atomic mass is 127. The number of hydrogen-bond donors (Lipinski definition) is 2. The number of carbonyl (C=O) groups is 3. The average molecular weight is 788 g/mol. The van der Waals surface area contributed by atoms with Crippen LogP contribution >= 0.6 is 22.6 Å². The van der Waals surface area contributed by atoms with Crippen molar-refractivity contribution >= 4 is 51.2 Å². The summed E-state index contributed by atoms with van der Waals surface area (Å²) in [5.74, 6) is 0.0677. The van der Waals surface area contributed by atoms with Gasteiger partial charge in [0.2, 0.25) is 11.8 Å². The second-order valence-electron chi connectivity index (χ2n) is 13.7. The topological polar surface area (TPSA) is 89.4 Å². The first-order valence-electron chi connectivity index (χ1n) is 17.2. The minimum atomic E-state index is -0.222. The molecule has 0 bridgehead atoms. The van der Waals surface area contributed by atoms with Crippen molar-refractivity contribution in [3.63, 3.8) is 0 Å². The van der Waals surface area contributed by atoms with Gasteiger partial charge in [0.1, 0.15) is 5.75 Å². The number of rotatable bonds is 13. The fourth-order valence-electron chi connectivity index (χ4n) is 6.49. The van der Waals surface area contributed by atoms with Gasteiger partial charge in [-0.25, -0.2) is 0 Å². The van der Waals surface area contributed by atoms with Gasteiger partial charge in [0.05, 0.1) is 19.0 Å². The van der Waals surface area contributed by atoms with E-state index >= 15 is 0 Å². The van der Waals surface area contributed by atoms with Crippen molar-refractivity contribution in [2.75, 3.05) is 20.2 Å². The monoisotopic (exact) mass is 787 g/mol. The third kappa shape index (κ3) is 9.96. The van der Waals surface area contributed by atoms with Crippen LogP contribution in [0.1, 0.15) is 81.1 Å². The fourth-order valence-corrected chi connectivity index (χ4v) is 7.00. The van der Waals surface area contributed by atoms with Crippen molar-refractivity contribution in [3.05, 3.63) is 124 Å². The molecule has 1 aliphatic carbocycles. The van der Waals surface area contributed by atoms with Crippen LogP contribution in [0.15, 0.2) is 101 Å². The summed E-state index contributed by atoms with van der Waals surface area (Å²) in [5, 5.41) is 6.53. The second-order valence-corrected chi connectivity index (χ2v) is 14.4. The molecule has 2 N–H and O–H groups in total. The number of benzene rings is 2. The minimum Gasteiger partial charge on any atom is -0.497 e. The normalized spacial score (nSPS) is 15.3. The number of aromatic nitrogens is 1. The van der Waals surface area contributed by atoms with Crippen molar-refractivity contribution < 1.29 is 19.1 Å². The van der Waals surface area contributed by atoms with Crippen LogP contribution in [-0.4, -0.2) is 42.5 Å². The number of halogens is 1. The summed E-state index contributed by atoms with van der Waals surface area (Å²) in [6, 6.07) is 13.1. The first-order valence-corrected chi connectivity index (χ1v) is 18.7. The smallest absolute Gasteiger partial charge is 0.262 e. The van der Waals surface area contributed by atoms with Gasteiger partial charge in [-0.05, 0) is 105 Å². The van der Waals surface area contributed by atoms with Gasteiger partial charge in [-0.1, -0.05) is 90.1 Å². The Balaban J connectivity index is 1.32. The lowest BCUT2D eigenvalue weighted by Gasteiger charge is -2.32. The molecule has 0 spiro atoms. The van der Waals surface area contributed by atoms with Crippen molar-refractivity contribution in [1.82, 2.24) is 15.2 Å². The highest BCUT2D eigenvalue weighted by molar-refractivity contribution is 14.1. The largest absolute Gasteiger partial charge is 0.497 e.